The van der Waals surface area contributed by atoms with Crippen LogP contribution in [0.15, 0.2) is 30.3 Å². The number of hydrogen-bond donors (Lipinski definition) is 2. The van der Waals surface area contributed by atoms with Crippen molar-refractivity contribution in [2.75, 3.05) is 17.7 Å². The number of rotatable bonds is 3. The van der Waals surface area contributed by atoms with Gasteiger partial charge in [-0.05, 0) is 24.3 Å². The van der Waals surface area contributed by atoms with Gasteiger partial charge in [-0.2, -0.15) is 13.2 Å². The second kappa shape index (κ2) is 5.77. The van der Waals surface area contributed by atoms with E-state index in [0.717, 1.165) is 18.2 Å². The van der Waals surface area contributed by atoms with Crippen molar-refractivity contribution in [2.24, 2.45) is 0 Å². The van der Waals surface area contributed by atoms with E-state index in [4.69, 9.17) is 11.6 Å². The van der Waals surface area contributed by atoms with Crippen molar-refractivity contribution < 1.29 is 17.6 Å². The van der Waals surface area contributed by atoms with Crippen LogP contribution in [-0.4, -0.2) is 12.0 Å². The van der Waals surface area contributed by atoms with Gasteiger partial charge in [-0.15, -0.1) is 0 Å². The predicted molar refractivity (Wildman–Crippen MR) is 73.5 cm³/mol. The lowest BCUT2D eigenvalue weighted by atomic mass is 10.2. The Morgan fingerprint density at radius 1 is 1.14 bits per heavy atom. The number of aromatic nitrogens is 1. The largest absolute Gasteiger partial charge is 0.416 e. The molecule has 112 valence electrons. The summed E-state index contributed by atoms with van der Waals surface area (Å²) >= 11 is 5.81. The van der Waals surface area contributed by atoms with Crippen LogP contribution in [0.2, 0.25) is 5.02 Å². The molecule has 0 saturated heterocycles. The number of benzene rings is 1. The van der Waals surface area contributed by atoms with Crippen LogP contribution in [0.5, 0.6) is 0 Å². The summed E-state index contributed by atoms with van der Waals surface area (Å²) in [6, 6.07) is 5.58. The Bertz CT molecular complexity index is 638. The maximum absolute atomic E-state index is 13.6. The molecule has 21 heavy (non-hydrogen) atoms. The van der Waals surface area contributed by atoms with E-state index in [0.29, 0.717) is 0 Å². The van der Waals surface area contributed by atoms with E-state index in [2.05, 4.69) is 15.6 Å². The molecule has 2 rings (SSSR count). The van der Waals surface area contributed by atoms with Gasteiger partial charge < -0.3 is 10.6 Å². The van der Waals surface area contributed by atoms with E-state index in [-0.39, 0.29) is 22.3 Å². The first-order chi connectivity index (χ1) is 9.81. The van der Waals surface area contributed by atoms with Crippen molar-refractivity contribution in [1.82, 2.24) is 4.98 Å². The summed E-state index contributed by atoms with van der Waals surface area (Å²) in [5, 5.41) is 5.03. The van der Waals surface area contributed by atoms with E-state index >= 15 is 0 Å². The minimum atomic E-state index is -4.54. The topological polar surface area (TPSA) is 37.0 Å². The number of para-hydroxylation sites is 1. The maximum atomic E-state index is 13.6. The molecule has 2 N–H and O–H groups in total. The Morgan fingerprint density at radius 3 is 2.38 bits per heavy atom. The van der Waals surface area contributed by atoms with E-state index in [1.165, 1.54) is 19.2 Å². The van der Waals surface area contributed by atoms with Crippen molar-refractivity contribution in [3.8, 4) is 0 Å². The average molecular weight is 320 g/mol. The van der Waals surface area contributed by atoms with Gasteiger partial charge in [0.2, 0.25) is 0 Å². The fourth-order valence-electron chi connectivity index (χ4n) is 1.63. The summed E-state index contributed by atoms with van der Waals surface area (Å²) in [5.74, 6) is -0.853. The van der Waals surface area contributed by atoms with Gasteiger partial charge in [0.25, 0.3) is 0 Å². The molecule has 3 nitrogen and oxygen atoms in total. The lowest BCUT2D eigenvalue weighted by Gasteiger charge is -2.13. The summed E-state index contributed by atoms with van der Waals surface area (Å²) in [5.41, 5.74) is -1.04. The van der Waals surface area contributed by atoms with E-state index in [1.54, 1.807) is 0 Å². The number of anilines is 3. The molecule has 0 unspecified atom stereocenters. The monoisotopic (exact) mass is 319 g/mol. The van der Waals surface area contributed by atoms with Crippen molar-refractivity contribution >= 4 is 28.9 Å². The zero-order chi connectivity index (χ0) is 15.6. The molecule has 1 heterocycles. The first kappa shape index (κ1) is 15.4. The van der Waals surface area contributed by atoms with Gasteiger partial charge in [0.1, 0.15) is 17.5 Å². The molecule has 0 spiro atoms. The Hall–Kier alpha value is -2.02. The molecular formula is C13H10ClF4N3. The van der Waals surface area contributed by atoms with Crippen molar-refractivity contribution in [2.45, 2.75) is 6.18 Å². The van der Waals surface area contributed by atoms with Gasteiger partial charge in [-0.3, -0.25) is 0 Å². The van der Waals surface area contributed by atoms with Crippen LogP contribution >= 0.6 is 11.6 Å². The van der Waals surface area contributed by atoms with Crippen LogP contribution in [0.3, 0.4) is 0 Å². The lowest BCUT2D eigenvalue weighted by Crippen LogP contribution is -2.09. The molecule has 0 amide bonds. The molecule has 0 fully saturated rings. The molecule has 0 saturated carbocycles. The normalized spacial score (nSPS) is 11.3. The third kappa shape index (κ3) is 3.55. The zero-order valence-electron chi connectivity index (χ0n) is 10.7. The van der Waals surface area contributed by atoms with Gasteiger partial charge in [0, 0.05) is 7.05 Å². The van der Waals surface area contributed by atoms with Crippen molar-refractivity contribution in [3.63, 3.8) is 0 Å². The first-order valence-corrected chi connectivity index (χ1v) is 6.17. The minimum absolute atomic E-state index is 0.000197. The summed E-state index contributed by atoms with van der Waals surface area (Å²) in [6.45, 7) is 0. The second-order valence-electron chi connectivity index (χ2n) is 4.10. The minimum Gasteiger partial charge on any atom is -0.373 e. The Balaban J connectivity index is 2.45. The molecule has 0 atom stereocenters. The highest BCUT2D eigenvalue weighted by Crippen LogP contribution is 2.34. The molecule has 0 aliphatic rings. The smallest absolute Gasteiger partial charge is 0.373 e. The van der Waals surface area contributed by atoms with Crippen LogP contribution in [0.4, 0.5) is 34.9 Å². The predicted octanol–water partition coefficient (Wildman–Crippen LogP) is 4.68. The van der Waals surface area contributed by atoms with Crippen molar-refractivity contribution in [1.29, 1.82) is 0 Å². The Morgan fingerprint density at radius 2 is 1.81 bits per heavy atom. The number of pyridine rings is 1. The number of hydrogen-bond acceptors (Lipinski definition) is 3. The van der Waals surface area contributed by atoms with Gasteiger partial charge in [-0.25, -0.2) is 9.37 Å². The standard InChI is InChI=1S/C13H10ClF4N3/c1-19-10-5-7(13(16,17)18)6-11(20-10)21-12-8(14)3-2-4-9(12)15/h2-6H,1H3,(H2,19,20,21). The van der Waals surface area contributed by atoms with Gasteiger partial charge in [-0.1, -0.05) is 17.7 Å². The summed E-state index contributed by atoms with van der Waals surface area (Å²) in [6.07, 6.45) is -4.54. The van der Waals surface area contributed by atoms with Crippen LogP contribution in [-0.2, 0) is 6.18 Å². The highest BCUT2D eigenvalue weighted by Gasteiger charge is 2.31. The molecule has 0 aliphatic heterocycles. The van der Waals surface area contributed by atoms with Gasteiger partial charge >= 0.3 is 6.18 Å². The highest BCUT2D eigenvalue weighted by molar-refractivity contribution is 6.33. The molecule has 1 aromatic heterocycles. The molecular weight excluding hydrogens is 310 g/mol. The van der Waals surface area contributed by atoms with Gasteiger partial charge in [0.15, 0.2) is 0 Å². The Kier molecular flexibility index (Phi) is 4.22. The van der Waals surface area contributed by atoms with Gasteiger partial charge in [0.05, 0.1) is 16.3 Å². The summed E-state index contributed by atoms with van der Waals surface area (Å²) < 4.78 is 52.0. The van der Waals surface area contributed by atoms with E-state index in [9.17, 15) is 17.6 Å². The fraction of sp³-hybridized carbons (Fsp3) is 0.154. The molecule has 2 aromatic rings. The van der Waals surface area contributed by atoms with Crippen LogP contribution in [0.1, 0.15) is 5.56 Å². The maximum Gasteiger partial charge on any atom is 0.416 e. The molecule has 0 bridgehead atoms. The third-order valence-corrected chi connectivity index (χ3v) is 2.94. The van der Waals surface area contributed by atoms with Crippen LogP contribution < -0.4 is 10.6 Å². The number of halogens is 5. The molecule has 8 heteroatoms. The van der Waals surface area contributed by atoms with Crippen LogP contribution in [0.25, 0.3) is 0 Å². The number of nitrogens with zero attached hydrogens (tertiary/aromatic N) is 1. The van der Waals surface area contributed by atoms with E-state index < -0.39 is 17.6 Å². The second-order valence-corrected chi connectivity index (χ2v) is 4.50. The lowest BCUT2D eigenvalue weighted by molar-refractivity contribution is -0.137. The number of alkyl halides is 3. The molecule has 0 radical (unpaired) electrons. The van der Waals surface area contributed by atoms with Crippen LogP contribution in [0, 0.1) is 5.82 Å². The SMILES string of the molecule is CNc1cc(C(F)(F)F)cc(Nc2c(F)cccc2Cl)n1. The average Bonchev–Trinajstić information content (AvgIpc) is 2.42. The quantitative estimate of drug-likeness (QED) is 0.807. The first-order valence-electron chi connectivity index (χ1n) is 5.79. The Labute approximate surface area is 123 Å². The zero-order valence-corrected chi connectivity index (χ0v) is 11.5. The molecule has 0 aliphatic carbocycles. The summed E-state index contributed by atoms with van der Waals surface area (Å²) in [4.78, 5) is 3.90. The summed E-state index contributed by atoms with van der Waals surface area (Å²) in [7, 11) is 1.43. The number of nitrogens with one attached hydrogen (secondary N) is 2. The molecule has 1 aromatic carbocycles. The third-order valence-electron chi connectivity index (χ3n) is 2.62. The van der Waals surface area contributed by atoms with E-state index in [1.807, 2.05) is 0 Å². The highest BCUT2D eigenvalue weighted by atomic mass is 35.5. The van der Waals surface area contributed by atoms with Crippen molar-refractivity contribution in [3.05, 3.63) is 46.7 Å². The fourth-order valence-corrected chi connectivity index (χ4v) is 1.84.